The molecule has 4 rings (SSSR count). The van der Waals surface area contributed by atoms with Crippen molar-refractivity contribution in [2.45, 2.75) is 19.6 Å². The van der Waals surface area contributed by atoms with Crippen molar-refractivity contribution in [2.75, 3.05) is 0 Å². The molecule has 0 aliphatic heterocycles. The fourth-order valence-corrected chi connectivity index (χ4v) is 3.47. The second-order valence-electron chi connectivity index (χ2n) is 8.21. The standard InChI is InChI=1S/C30H25ClN2O5/c1-21(37-27-16-14-26(15-17-27)36-20-23-6-3-2-4-7-23)29(34)33-32-19-22-10-12-28(13-11-22)38-30(35)24-8-5-9-25(31)18-24/h2-19,21H,20H2,1H3,(H,33,34)/b32-19-/t21-/m0/s1. The number of hydrazone groups is 1. The molecule has 192 valence electrons. The number of amides is 1. The van der Waals surface area contributed by atoms with Gasteiger partial charge in [-0.2, -0.15) is 5.10 Å². The lowest BCUT2D eigenvalue weighted by Gasteiger charge is -2.13. The topological polar surface area (TPSA) is 86.2 Å². The highest BCUT2D eigenvalue weighted by molar-refractivity contribution is 6.30. The van der Waals surface area contributed by atoms with Crippen molar-refractivity contribution >= 4 is 29.7 Å². The Morgan fingerprint density at radius 1 is 0.868 bits per heavy atom. The van der Waals surface area contributed by atoms with Crippen LogP contribution in [0.25, 0.3) is 0 Å². The normalized spacial score (nSPS) is 11.5. The lowest BCUT2D eigenvalue weighted by molar-refractivity contribution is -0.127. The van der Waals surface area contributed by atoms with Crippen molar-refractivity contribution in [3.8, 4) is 17.2 Å². The summed E-state index contributed by atoms with van der Waals surface area (Å²) in [6.45, 7) is 2.10. The maximum Gasteiger partial charge on any atom is 0.343 e. The Morgan fingerprint density at radius 3 is 2.26 bits per heavy atom. The number of benzene rings is 4. The summed E-state index contributed by atoms with van der Waals surface area (Å²) in [6, 6.07) is 30.1. The molecule has 0 unspecified atom stereocenters. The molecule has 38 heavy (non-hydrogen) atoms. The predicted molar refractivity (Wildman–Crippen MR) is 146 cm³/mol. The zero-order chi connectivity index (χ0) is 26.7. The van der Waals surface area contributed by atoms with Crippen LogP contribution < -0.4 is 19.6 Å². The predicted octanol–water partition coefficient (Wildman–Crippen LogP) is 6.06. The fourth-order valence-electron chi connectivity index (χ4n) is 3.28. The number of hydrogen-bond donors (Lipinski definition) is 1. The molecule has 8 heteroatoms. The van der Waals surface area contributed by atoms with Crippen molar-refractivity contribution in [1.82, 2.24) is 5.43 Å². The van der Waals surface area contributed by atoms with E-state index in [-0.39, 0.29) is 0 Å². The van der Waals surface area contributed by atoms with Gasteiger partial charge in [0.15, 0.2) is 6.10 Å². The summed E-state index contributed by atoms with van der Waals surface area (Å²) >= 11 is 5.91. The first-order valence-corrected chi connectivity index (χ1v) is 12.2. The summed E-state index contributed by atoms with van der Waals surface area (Å²) in [7, 11) is 0. The SMILES string of the molecule is C[C@H](Oc1ccc(OCc2ccccc2)cc1)C(=O)N/N=C\c1ccc(OC(=O)c2cccc(Cl)c2)cc1. The molecule has 0 aliphatic rings. The first kappa shape index (κ1) is 26.4. The summed E-state index contributed by atoms with van der Waals surface area (Å²) in [5, 5.41) is 4.43. The van der Waals surface area contributed by atoms with Crippen LogP contribution in [0.2, 0.25) is 5.02 Å². The summed E-state index contributed by atoms with van der Waals surface area (Å²) in [5.41, 5.74) is 4.59. The number of carbonyl (C=O) groups is 2. The Hall–Kier alpha value is -4.62. The van der Waals surface area contributed by atoms with Gasteiger partial charge in [0.05, 0.1) is 11.8 Å². The van der Waals surface area contributed by atoms with Gasteiger partial charge in [0.25, 0.3) is 5.91 Å². The van der Waals surface area contributed by atoms with Crippen LogP contribution in [0.15, 0.2) is 108 Å². The Balaban J connectivity index is 1.21. The molecule has 0 spiro atoms. The van der Waals surface area contributed by atoms with Gasteiger partial charge in [0.2, 0.25) is 0 Å². The van der Waals surface area contributed by atoms with E-state index in [1.165, 1.54) is 12.3 Å². The molecule has 0 aliphatic carbocycles. The molecule has 4 aromatic carbocycles. The Morgan fingerprint density at radius 2 is 1.55 bits per heavy atom. The molecule has 0 saturated carbocycles. The van der Waals surface area contributed by atoms with Gasteiger partial charge < -0.3 is 14.2 Å². The first-order valence-electron chi connectivity index (χ1n) is 11.8. The molecule has 1 N–H and O–H groups in total. The lowest BCUT2D eigenvalue weighted by atomic mass is 10.2. The van der Waals surface area contributed by atoms with E-state index in [1.54, 1.807) is 73.7 Å². The third-order valence-corrected chi connectivity index (χ3v) is 5.53. The molecule has 0 heterocycles. The van der Waals surface area contributed by atoms with Crippen molar-refractivity contribution in [3.05, 3.63) is 125 Å². The van der Waals surface area contributed by atoms with Gasteiger partial charge in [-0.25, -0.2) is 10.2 Å². The molecule has 4 aromatic rings. The van der Waals surface area contributed by atoms with Crippen LogP contribution in [0.3, 0.4) is 0 Å². The van der Waals surface area contributed by atoms with Crippen LogP contribution in [-0.4, -0.2) is 24.2 Å². The summed E-state index contributed by atoms with van der Waals surface area (Å²) in [4.78, 5) is 24.6. The largest absolute Gasteiger partial charge is 0.489 e. The van der Waals surface area contributed by atoms with Crippen LogP contribution in [0, 0.1) is 0 Å². The van der Waals surface area contributed by atoms with Crippen LogP contribution >= 0.6 is 11.6 Å². The quantitative estimate of drug-likeness (QED) is 0.117. The maximum atomic E-state index is 12.4. The molecule has 0 bridgehead atoms. The minimum absolute atomic E-state index is 0.356. The number of nitrogens with zero attached hydrogens (tertiary/aromatic N) is 1. The Labute approximate surface area is 225 Å². The van der Waals surface area contributed by atoms with E-state index in [0.29, 0.717) is 40.0 Å². The molecular weight excluding hydrogens is 504 g/mol. The van der Waals surface area contributed by atoms with E-state index < -0.39 is 18.0 Å². The zero-order valence-electron chi connectivity index (χ0n) is 20.5. The van der Waals surface area contributed by atoms with Crippen LogP contribution in [-0.2, 0) is 11.4 Å². The molecule has 1 amide bonds. The molecule has 7 nitrogen and oxygen atoms in total. The van der Waals surface area contributed by atoms with E-state index in [9.17, 15) is 9.59 Å². The number of carbonyl (C=O) groups excluding carboxylic acids is 2. The van der Waals surface area contributed by atoms with Crippen LogP contribution in [0.1, 0.15) is 28.4 Å². The van der Waals surface area contributed by atoms with Gasteiger partial charge in [0, 0.05) is 5.02 Å². The third kappa shape index (κ3) is 7.94. The average Bonchev–Trinajstić information content (AvgIpc) is 2.94. The molecule has 0 saturated heterocycles. The average molecular weight is 529 g/mol. The van der Waals surface area contributed by atoms with Gasteiger partial charge in [-0.05, 0) is 84.8 Å². The zero-order valence-corrected chi connectivity index (χ0v) is 21.3. The highest BCUT2D eigenvalue weighted by Gasteiger charge is 2.14. The molecular formula is C30H25ClN2O5. The summed E-state index contributed by atoms with van der Waals surface area (Å²) < 4.78 is 16.8. The second kappa shape index (κ2) is 13.1. The monoisotopic (exact) mass is 528 g/mol. The fraction of sp³-hybridized carbons (Fsp3) is 0.100. The van der Waals surface area contributed by atoms with Crippen molar-refractivity contribution in [1.29, 1.82) is 0 Å². The van der Waals surface area contributed by atoms with E-state index in [4.69, 9.17) is 25.8 Å². The van der Waals surface area contributed by atoms with Gasteiger partial charge in [0.1, 0.15) is 23.9 Å². The van der Waals surface area contributed by atoms with Gasteiger partial charge in [-0.3, -0.25) is 4.79 Å². The Bertz CT molecular complexity index is 1390. The first-order chi connectivity index (χ1) is 18.5. The van der Waals surface area contributed by atoms with E-state index in [2.05, 4.69) is 10.5 Å². The highest BCUT2D eigenvalue weighted by Crippen LogP contribution is 2.20. The Kier molecular flexibility index (Phi) is 9.10. The number of ether oxygens (including phenoxy) is 3. The smallest absolute Gasteiger partial charge is 0.343 e. The van der Waals surface area contributed by atoms with Gasteiger partial charge in [-0.15, -0.1) is 0 Å². The van der Waals surface area contributed by atoms with E-state index >= 15 is 0 Å². The van der Waals surface area contributed by atoms with Crippen LogP contribution in [0.5, 0.6) is 17.2 Å². The number of hydrogen-bond acceptors (Lipinski definition) is 6. The minimum Gasteiger partial charge on any atom is -0.489 e. The molecule has 0 radical (unpaired) electrons. The van der Waals surface area contributed by atoms with Crippen molar-refractivity contribution < 1.29 is 23.8 Å². The molecule has 0 aromatic heterocycles. The van der Waals surface area contributed by atoms with E-state index in [0.717, 1.165) is 5.56 Å². The second-order valence-corrected chi connectivity index (χ2v) is 8.65. The van der Waals surface area contributed by atoms with Crippen molar-refractivity contribution in [2.24, 2.45) is 5.10 Å². The minimum atomic E-state index is -0.767. The number of esters is 1. The third-order valence-electron chi connectivity index (χ3n) is 5.29. The highest BCUT2D eigenvalue weighted by atomic mass is 35.5. The molecule has 1 atom stereocenters. The number of rotatable bonds is 10. The van der Waals surface area contributed by atoms with Gasteiger partial charge >= 0.3 is 5.97 Å². The van der Waals surface area contributed by atoms with Gasteiger partial charge in [-0.1, -0.05) is 48.0 Å². The van der Waals surface area contributed by atoms with Crippen molar-refractivity contribution in [3.63, 3.8) is 0 Å². The summed E-state index contributed by atoms with van der Waals surface area (Å²) in [6.07, 6.45) is 0.711. The van der Waals surface area contributed by atoms with E-state index in [1.807, 2.05) is 30.3 Å². The maximum absolute atomic E-state index is 12.4. The number of halogens is 1. The summed E-state index contributed by atoms with van der Waals surface area (Å²) in [5.74, 6) is 0.691. The lowest BCUT2D eigenvalue weighted by Crippen LogP contribution is -2.33. The molecule has 0 fully saturated rings. The van der Waals surface area contributed by atoms with Crippen LogP contribution in [0.4, 0.5) is 0 Å². The number of nitrogens with one attached hydrogen (secondary N) is 1.